The summed E-state index contributed by atoms with van der Waals surface area (Å²) in [7, 11) is 1.74. The minimum absolute atomic E-state index is 0.152. The zero-order valence-electron chi connectivity index (χ0n) is 10.5. The predicted molar refractivity (Wildman–Crippen MR) is 70.2 cm³/mol. The van der Waals surface area contributed by atoms with Gasteiger partial charge in [0, 0.05) is 18.4 Å². The molecule has 16 heavy (non-hydrogen) atoms. The summed E-state index contributed by atoms with van der Waals surface area (Å²) in [4.78, 5) is 4.63. The minimum atomic E-state index is -0.152. The molecule has 1 saturated heterocycles. The number of hydrogen-bond donors (Lipinski definition) is 1. The van der Waals surface area contributed by atoms with Gasteiger partial charge >= 0.3 is 0 Å². The minimum Gasteiger partial charge on any atom is -0.377 e. The van der Waals surface area contributed by atoms with Gasteiger partial charge in [0.05, 0.1) is 12.1 Å². The van der Waals surface area contributed by atoms with Crippen molar-refractivity contribution in [2.45, 2.75) is 50.7 Å². The van der Waals surface area contributed by atoms with Crippen molar-refractivity contribution in [1.82, 2.24) is 5.32 Å². The van der Waals surface area contributed by atoms with Crippen LogP contribution < -0.4 is 5.32 Å². The SMILES string of the molecule is COC(C)(C)CN=C1NC2(CCCC2)CS1. The highest BCUT2D eigenvalue weighted by atomic mass is 32.2. The van der Waals surface area contributed by atoms with E-state index < -0.39 is 0 Å². The molecular weight excluding hydrogens is 220 g/mol. The first-order chi connectivity index (χ1) is 7.55. The third kappa shape index (κ3) is 2.72. The summed E-state index contributed by atoms with van der Waals surface area (Å²) in [6, 6.07) is 0. The largest absolute Gasteiger partial charge is 0.377 e. The fourth-order valence-electron chi connectivity index (χ4n) is 2.24. The van der Waals surface area contributed by atoms with E-state index in [0.29, 0.717) is 5.54 Å². The Bertz CT molecular complexity index is 283. The van der Waals surface area contributed by atoms with Gasteiger partial charge in [-0.15, -0.1) is 0 Å². The van der Waals surface area contributed by atoms with Gasteiger partial charge in [0.1, 0.15) is 0 Å². The van der Waals surface area contributed by atoms with Crippen LogP contribution in [0.15, 0.2) is 4.99 Å². The highest BCUT2D eigenvalue weighted by molar-refractivity contribution is 8.14. The zero-order chi connectivity index (χ0) is 11.6. The van der Waals surface area contributed by atoms with Crippen molar-refractivity contribution < 1.29 is 4.74 Å². The van der Waals surface area contributed by atoms with E-state index in [1.165, 1.54) is 31.4 Å². The second kappa shape index (κ2) is 4.57. The monoisotopic (exact) mass is 242 g/mol. The predicted octanol–water partition coefficient (Wildman–Crippen LogP) is 2.42. The van der Waals surface area contributed by atoms with E-state index >= 15 is 0 Å². The van der Waals surface area contributed by atoms with Crippen LogP contribution in [0.5, 0.6) is 0 Å². The average molecular weight is 242 g/mol. The maximum atomic E-state index is 5.37. The third-order valence-electron chi connectivity index (χ3n) is 3.57. The first-order valence-electron chi connectivity index (χ1n) is 6.06. The van der Waals surface area contributed by atoms with Crippen molar-refractivity contribution in [2.24, 2.45) is 4.99 Å². The Kier molecular flexibility index (Phi) is 3.50. The standard InChI is InChI=1S/C12H22N2OS/c1-11(2,15-3)8-13-10-14-12(9-16-10)6-4-5-7-12/h4-9H2,1-3H3,(H,13,14). The summed E-state index contributed by atoms with van der Waals surface area (Å²) in [5, 5.41) is 4.74. The van der Waals surface area contributed by atoms with Gasteiger partial charge in [-0.1, -0.05) is 24.6 Å². The topological polar surface area (TPSA) is 33.6 Å². The number of nitrogens with one attached hydrogen (secondary N) is 1. The summed E-state index contributed by atoms with van der Waals surface area (Å²) in [5.74, 6) is 1.19. The summed E-state index contributed by atoms with van der Waals surface area (Å²) < 4.78 is 5.37. The first kappa shape index (κ1) is 12.2. The summed E-state index contributed by atoms with van der Waals surface area (Å²) in [6.07, 6.45) is 5.36. The summed E-state index contributed by atoms with van der Waals surface area (Å²) in [6.45, 7) is 4.87. The molecular formula is C12H22N2OS. The van der Waals surface area contributed by atoms with Crippen LogP contribution in [0.1, 0.15) is 39.5 Å². The number of thioether (sulfide) groups is 1. The molecule has 0 radical (unpaired) electrons. The molecule has 1 heterocycles. The van der Waals surface area contributed by atoms with Gasteiger partial charge in [-0.3, -0.25) is 4.99 Å². The quantitative estimate of drug-likeness (QED) is 0.825. The highest BCUT2D eigenvalue weighted by Gasteiger charge is 2.39. The Morgan fingerprint density at radius 1 is 1.44 bits per heavy atom. The second-order valence-electron chi connectivity index (χ2n) is 5.49. The Morgan fingerprint density at radius 3 is 2.75 bits per heavy atom. The maximum Gasteiger partial charge on any atom is 0.157 e. The van der Waals surface area contributed by atoms with Crippen molar-refractivity contribution in [3.63, 3.8) is 0 Å². The molecule has 92 valence electrons. The lowest BCUT2D eigenvalue weighted by molar-refractivity contribution is 0.0312. The Labute approximate surface area is 102 Å². The Hall–Kier alpha value is -0.220. The van der Waals surface area contributed by atoms with Gasteiger partial charge in [0.15, 0.2) is 5.17 Å². The number of rotatable bonds is 3. The lowest BCUT2D eigenvalue weighted by atomic mass is 10.0. The van der Waals surface area contributed by atoms with Crippen molar-refractivity contribution >= 4 is 16.9 Å². The zero-order valence-corrected chi connectivity index (χ0v) is 11.3. The number of aliphatic imine (C=N–C) groups is 1. The molecule has 2 rings (SSSR count). The fourth-order valence-corrected chi connectivity index (χ4v) is 3.46. The molecule has 1 aliphatic heterocycles. The van der Waals surface area contributed by atoms with E-state index in [9.17, 15) is 0 Å². The van der Waals surface area contributed by atoms with E-state index in [1.807, 2.05) is 11.8 Å². The number of nitrogens with zero attached hydrogens (tertiary/aromatic N) is 1. The smallest absolute Gasteiger partial charge is 0.157 e. The Balaban J connectivity index is 1.90. The number of hydrogen-bond acceptors (Lipinski definition) is 3. The molecule has 1 aliphatic carbocycles. The van der Waals surface area contributed by atoms with Gasteiger partial charge < -0.3 is 10.1 Å². The molecule has 0 aromatic heterocycles. The normalized spacial score (nSPS) is 26.6. The van der Waals surface area contributed by atoms with Crippen LogP contribution in [0, 0.1) is 0 Å². The van der Waals surface area contributed by atoms with Gasteiger partial charge in [0.25, 0.3) is 0 Å². The van der Waals surface area contributed by atoms with E-state index in [4.69, 9.17) is 4.74 Å². The van der Waals surface area contributed by atoms with Gasteiger partial charge in [-0.2, -0.15) is 0 Å². The van der Waals surface area contributed by atoms with Crippen LogP contribution in [0.3, 0.4) is 0 Å². The second-order valence-corrected chi connectivity index (χ2v) is 6.45. The molecule has 1 saturated carbocycles. The molecule has 1 spiro atoms. The number of amidine groups is 1. The van der Waals surface area contributed by atoms with Gasteiger partial charge in [-0.05, 0) is 26.7 Å². The fraction of sp³-hybridized carbons (Fsp3) is 0.917. The maximum absolute atomic E-state index is 5.37. The van der Waals surface area contributed by atoms with Crippen LogP contribution in [0.2, 0.25) is 0 Å². The molecule has 2 fully saturated rings. The van der Waals surface area contributed by atoms with E-state index in [2.05, 4.69) is 24.2 Å². The van der Waals surface area contributed by atoms with Crippen LogP contribution in [-0.2, 0) is 4.74 Å². The van der Waals surface area contributed by atoms with Crippen molar-refractivity contribution in [2.75, 3.05) is 19.4 Å². The average Bonchev–Trinajstić information content (AvgIpc) is 2.87. The van der Waals surface area contributed by atoms with Crippen LogP contribution >= 0.6 is 11.8 Å². The van der Waals surface area contributed by atoms with Crippen molar-refractivity contribution in [3.05, 3.63) is 0 Å². The molecule has 2 aliphatic rings. The van der Waals surface area contributed by atoms with Gasteiger partial charge in [0.2, 0.25) is 0 Å². The van der Waals surface area contributed by atoms with Crippen LogP contribution in [0.25, 0.3) is 0 Å². The molecule has 1 N–H and O–H groups in total. The van der Waals surface area contributed by atoms with Crippen LogP contribution in [-0.4, -0.2) is 35.7 Å². The molecule has 4 heteroatoms. The van der Waals surface area contributed by atoms with Crippen LogP contribution in [0.4, 0.5) is 0 Å². The molecule has 0 aromatic rings. The van der Waals surface area contributed by atoms with E-state index in [1.54, 1.807) is 7.11 Å². The van der Waals surface area contributed by atoms with E-state index in [-0.39, 0.29) is 5.60 Å². The first-order valence-corrected chi connectivity index (χ1v) is 7.04. The number of methoxy groups -OCH3 is 1. The molecule has 0 atom stereocenters. The summed E-state index contributed by atoms with van der Waals surface area (Å²) >= 11 is 1.87. The van der Waals surface area contributed by atoms with Crippen molar-refractivity contribution in [3.8, 4) is 0 Å². The molecule has 0 aromatic carbocycles. The van der Waals surface area contributed by atoms with Crippen molar-refractivity contribution in [1.29, 1.82) is 0 Å². The third-order valence-corrected chi connectivity index (χ3v) is 4.78. The Morgan fingerprint density at radius 2 is 2.12 bits per heavy atom. The molecule has 0 bridgehead atoms. The highest BCUT2D eigenvalue weighted by Crippen LogP contribution is 2.37. The lowest BCUT2D eigenvalue weighted by Crippen LogP contribution is -2.41. The van der Waals surface area contributed by atoms with E-state index in [0.717, 1.165) is 11.7 Å². The number of ether oxygens (including phenoxy) is 1. The van der Waals surface area contributed by atoms with Gasteiger partial charge in [-0.25, -0.2) is 0 Å². The molecule has 0 amide bonds. The molecule has 0 unspecified atom stereocenters. The lowest BCUT2D eigenvalue weighted by Gasteiger charge is -2.23. The molecule has 3 nitrogen and oxygen atoms in total. The summed E-state index contributed by atoms with van der Waals surface area (Å²) in [5.41, 5.74) is 0.224.